The number of pyridine rings is 1. The summed E-state index contributed by atoms with van der Waals surface area (Å²) in [7, 11) is 3.87. The molecular weight excluding hydrogens is 318 g/mol. The van der Waals surface area contributed by atoms with Gasteiger partial charge in [0.25, 0.3) is 5.89 Å². The average molecular weight is 335 g/mol. The third-order valence-electron chi connectivity index (χ3n) is 3.98. The predicted molar refractivity (Wildman–Crippen MR) is 93.3 cm³/mol. The zero-order valence-corrected chi connectivity index (χ0v) is 14.0. The lowest BCUT2D eigenvalue weighted by Crippen LogP contribution is -2.10. The van der Waals surface area contributed by atoms with Crippen LogP contribution in [0.2, 0.25) is 0 Å². The van der Waals surface area contributed by atoms with Gasteiger partial charge in [-0.3, -0.25) is 0 Å². The van der Waals surface area contributed by atoms with Gasteiger partial charge in [-0.25, -0.2) is 4.98 Å². The molecular formula is C18H17N5O2. The maximum absolute atomic E-state index is 5.52. The molecule has 0 N–H and O–H groups in total. The second kappa shape index (κ2) is 6.35. The fourth-order valence-corrected chi connectivity index (χ4v) is 2.61. The summed E-state index contributed by atoms with van der Waals surface area (Å²) in [4.78, 5) is 16.2. The maximum Gasteiger partial charge on any atom is 0.276 e. The van der Waals surface area contributed by atoms with Crippen molar-refractivity contribution in [3.63, 3.8) is 0 Å². The second-order valence-corrected chi connectivity index (χ2v) is 5.97. The molecule has 0 unspecified atom stereocenters. The first-order valence-electron chi connectivity index (χ1n) is 7.96. The molecule has 25 heavy (non-hydrogen) atoms. The van der Waals surface area contributed by atoms with Crippen LogP contribution in [0.4, 0.5) is 5.82 Å². The quantitative estimate of drug-likeness (QED) is 0.729. The highest BCUT2D eigenvalue weighted by Crippen LogP contribution is 2.29. The average Bonchev–Trinajstić information content (AvgIpc) is 3.32. The first-order valence-corrected chi connectivity index (χ1v) is 7.96. The van der Waals surface area contributed by atoms with E-state index in [2.05, 4.69) is 20.3 Å². The Kier molecular flexibility index (Phi) is 3.89. The zero-order chi connectivity index (χ0) is 17.2. The molecule has 7 heteroatoms. The van der Waals surface area contributed by atoms with Gasteiger partial charge in [0.15, 0.2) is 6.10 Å². The van der Waals surface area contributed by atoms with Crippen LogP contribution < -0.4 is 4.90 Å². The van der Waals surface area contributed by atoms with E-state index in [1.165, 1.54) is 0 Å². The van der Waals surface area contributed by atoms with E-state index in [1.54, 1.807) is 6.20 Å². The minimum atomic E-state index is -0.118. The van der Waals surface area contributed by atoms with E-state index in [9.17, 15) is 0 Å². The van der Waals surface area contributed by atoms with Gasteiger partial charge in [-0.1, -0.05) is 40.6 Å². The molecule has 1 atom stereocenters. The van der Waals surface area contributed by atoms with E-state index in [1.807, 2.05) is 61.5 Å². The molecule has 0 amide bonds. The largest absolute Gasteiger partial charge is 0.387 e. The number of benzene rings is 1. The Bertz CT molecular complexity index is 905. The molecule has 3 aromatic rings. The van der Waals surface area contributed by atoms with Crippen molar-refractivity contribution in [1.29, 1.82) is 0 Å². The van der Waals surface area contributed by atoms with Crippen molar-refractivity contribution in [3.05, 3.63) is 60.1 Å². The molecule has 2 aromatic heterocycles. The van der Waals surface area contributed by atoms with Crippen LogP contribution in [0.25, 0.3) is 11.4 Å². The van der Waals surface area contributed by atoms with E-state index in [-0.39, 0.29) is 6.10 Å². The van der Waals surface area contributed by atoms with Crippen LogP contribution in [-0.4, -0.2) is 34.9 Å². The van der Waals surface area contributed by atoms with Gasteiger partial charge in [0.1, 0.15) is 11.5 Å². The molecule has 0 bridgehead atoms. The number of nitrogens with zero attached hydrogens (tertiary/aromatic N) is 5. The van der Waals surface area contributed by atoms with Gasteiger partial charge in [-0.05, 0) is 17.7 Å². The van der Waals surface area contributed by atoms with Crippen LogP contribution in [0.3, 0.4) is 0 Å². The highest BCUT2D eigenvalue weighted by Gasteiger charge is 2.27. The number of anilines is 1. The standard InChI is InChI=1S/C18H17N5O2/c1-23(2)16-10-13(8-9-19-16)17-20-18(25-22-17)14-11-15(24-21-14)12-6-4-3-5-7-12/h3-10,15H,11H2,1-2H3/t15-/m1/s1. The lowest BCUT2D eigenvalue weighted by Gasteiger charge is -2.10. The molecule has 1 aliphatic heterocycles. The van der Waals surface area contributed by atoms with Crippen LogP contribution in [0.1, 0.15) is 24.0 Å². The highest BCUT2D eigenvalue weighted by molar-refractivity contribution is 5.97. The van der Waals surface area contributed by atoms with E-state index in [4.69, 9.17) is 9.36 Å². The maximum atomic E-state index is 5.52. The Morgan fingerprint density at radius 1 is 1.12 bits per heavy atom. The summed E-state index contributed by atoms with van der Waals surface area (Å²) in [5.41, 5.74) is 2.58. The lowest BCUT2D eigenvalue weighted by atomic mass is 10.0. The Labute approximate surface area is 144 Å². The smallest absolute Gasteiger partial charge is 0.276 e. The van der Waals surface area contributed by atoms with Gasteiger partial charge in [0.05, 0.1) is 0 Å². The van der Waals surface area contributed by atoms with Crippen LogP contribution in [0.15, 0.2) is 58.3 Å². The Morgan fingerprint density at radius 3 is 2.76 bits per heavy atom. The summed E-state index contributed by atoms with van der Waals surface area (Å²) in [6.45, 7) is 0. The van der Waals surface area contributed by atoms with E-state index < -0.39 is 0 Å². The van der Waals surface area contributed by atoms with Crippen molar-refractivity contribution >= 4 is 11.5 Å². The van der Waals surface area contributed by atoms with Crippen molar-refractivity contribution in [2.24, 2.45) is 5.16 Å². The van der Waals surface area contributed by atoms with Crippen LogP contribution in [0, 0.1) is 0 Å². The molecule has 0 fully saturated rings. The van der Waals surface area contributed by atoms with Gasteiger partial charge >= 0.3 is 0 Å². The van der Waals surface area contributed by atoms with Crippen LogP contribution >= 0.6 is 0 Å². The molecule has 0 radical (unpaired) electrons. The van der Waals surface area contributed by atoms with Crippen LogP contribution in [0.5, 0.6) is 0 Å². The molecule has 0 spiro atoms. The first kappa shape index (κ1) is 15.3. The fraction of sp³-hybridized carbons (Fsp3) is 0.222. The van der Waals surface area contributed by atoms with Gasteiger partial charge in [0.2, 0.25) is 5.82 Å². The van der Waals surface area contributed by atoms with Crippen molar-refractivity contribution in [3.8, 4) is 11.4 Å². The molecule has 1 aromatic carbocycles. The number of rotatable bonds is 4. The van der Waals surface area contributed by atoms with Gasteiger partial charge in [-0.2, -0.15) is 4.98 Å². The molecule has 4 rings (SSSR count). The SMILES string of the molecule is CN(C)c1cc(-c2noc(C3=NO[C@@H](c4ccccc4)C3)n2)ccn1. The molecule has 0 saturated heterocycles. The zero-order valence-electron chi connectivity index (χ0n) is 14.0. The molecule has 3 heterocycles. The summed E-state index contributed by atoms with van der Waals surface area (Å²) in [5, 5.41) is 8.18. The highest BCUT2D eigenvalue weighted by atomic mass is 16.6. The van der Waals surface area contributed by atoms with Crippen molar-refractivity contribution in [1.82, 2.24) is 15.1 Å². The van der Waals surface area contributed by atoms with E-state index in [0.717, 1.165) is 16.9 Å². The third-order valence-corrected chi connectivity index (χ3v) is 3.98. The molecule has 0 aliphatic carbocycles. The molecule has 7 nitrogen and oxygen atoms in total. The van der Waals surface area contributed by atoms with Crippen molar-refractivity contribution in [2.45, 2.75) is 12.5 Å². The second-order valence-electron chi connectivity index (χ2n) is 5.97. The summed E-state index contributed by atoms with van der Waals surface area (Å²) < 4.78 is 5.38. The lowest BCUT2D eigenvalue weighted by molar-refractivity contribution is 0.0857. The number of hydrogen-bond donors (Lipinski definition) is 0. The van der Waals surface area contributed by atoms with Crippen molar-refractivity contribution < 1.29 is 9.36 Å². The molecule has 126 valence electrons. The summed E-state index contributed by atoms with van der Waals surface area (Å²) >= 11 is 0. The minimum absolute atomic E-state index is 0.118. The van der Waals surface area contributed by atoms with Gasteiger partial charge in [0, 0.05) is 32.3 Å². The van der Waals surface area contributed by atoms with Crippen LogP contribution in [-0.2, 0) is 4.84 Å². The number of aromatic nitrogens is 3. The van der Waals surface area contributed by atoms with Gasteiger partial charge < -0.3 is 14.3 Å². The summed E-state index contributed by atoms with van der Waals surface area (Å²) in [6, 6.07) is 13.7. The Hall–Kier alpha value is -3.22. The summed E-state index contributed by atoms with van der Waals surface area (Å²) in [6.07, 6.45) is 2.21. The monoisotopic (exact) mass is 335 g/mol. The number of hydrogen-bond acceptors (Lipinski definition) is 7. The Balaban J connectivity index is 1.53. The van der Waals surface area contributed by atoms with E-state index >= 15 is 0 Å². The molecule has 1 aliphatic rings. The fourth-order valence-electron chi connectivity index (χ4n) is 2.61. The number of oxime groups is 1. The topological polar surface area (TPSA) is 76.6 Å². The van der Waals surface area contributed by atoms with Crippen molar-refractivity contribution in [2.75, 3.05) is 19.0 Å². The first-order chi connectivity index (χ1) is 12.2. The minimum Gasteiger partial charge on any atom is -0.387 e. The third kappa shape index (κ3) is 3.08. The Morgan fingerprint density at radius 2 is 1.96 bits per heavy atom. The van der Waals surface area contributed by atoms with Gasteiger partial charge in [-0.15, -0.1) is 0 Å². The predicted octanol–water partition coefficient (Wildman–Crippen LogP) is 3.06. The summed E-state index contributed by atoms with van der Waals surface area (Å²) in [5.74, 6) is 1.72. The normalized spacial score (nSPS) is 16.4. The molecule has 0 saturated carbocycles. The van der Waals surface area contributed by atoms with E-state index in [0.29, 0.717) is 23.8 Å².